The van der Waals surface area contributed by atoms with Crippen LogP contribution in [0.2, 0.25) is 0 Å². The van der Waals surface area contributed by atoms with Gasteiger partial charge in [-0.1, -0.05) is 6.07 Å². The van der Waals surface area contributed by atoms with Gasteiger partial charge in [-0.25, -0.2) is 8.42 Å². The Morgan fingerprint density at radius 3 is 2.77 bits per heavy atom. The molecule has 0 bridgehead atoms. The van der Waals surface area contributed by atoms with Crippen molar-refractivity contribution in [3.63, 3.8) is 0 Å². The van der Waals surface area contributed by atoms with Gasteiger partial charge in [0.25, 0.3) is 10.0 Å². The number of anilines is 2. The molecule has 0 spiro atoms. The van der Waals surface area contributed by atoms with Crippen LogP contribution in [0.5, 0.6) is 5.75 Å². The Bertz CT molecular complexity index is 967. The molecule has 3 rings (SSSR count). The van der Waals surface area contributed by atoms with Crippen LogP contribution in [0.3, 0.4) is 0 Å². The number of hydrogen-bond donors (Lipinski definition) is 1. The van der Waals surface area contributed by atoms with Crippen molar-refractivity contribution in [3.8, 4) is 11.8 Å². The molecule has 1 aliphatic heterocycles. The second kappa shape index (κ2) is 6.86. The highest BCUT2D eigenvalue weighted by molar-refractivity contribution is 7.92. The van der Waals surface area contributed by atoms with Gasteiger partial charge in [0.2, 0.25) is 0 Å². The third-order valence-electron chi connectivity index (χ3n) is 4.03. The van der Waals surface area contributed by atoms with Crippen molar-refractivity contribution in [2.75, 3.05) is 37.2 Å². The highest BCUT2D eigenvalue weighted by Gasteiger charge is 2.35. The molecule has 0 fully saturated rings. The molecule has 1 aliphatic rings. The van der Waals surface area contributed by atoms with Crippen molar-refractivity contribution in [2.24, 2.45) is 0 Å². The summed E-state index contributed by atoms with van der Waals surface area (Å²) in [6, 6.07) is 12.9. The van der Waals surface area contributed by atoms with E-state index in [2.05, 4.69) is 0 Å². The first-order chi connectivity index (χ1) is 12.3. The third-order valence-corrected chi connectivity index (χ3v) is 5.81. The lowest BCUT2D eigenvalue weighted by atomic mass is 10.2. The van der Waals surface area contributed by atoms with Crippen molar-refractivity contribution in [1.82, 2.24) is 4.90 Å². The number of nitrogens with two attached hydrogens (primary N) is 1. The molecule has 1 atom stereocenters. The van der Waals surface area contributed by atoms with Crippen LogP contribution in [0.25, 0.3) is 0 Å². The van der Waals surface area contributed by atoms with Crippen molar-refractivity contribution in [3.05, 3.63) is 48.0 Å². The molecular formula is C18H20N4O3S. The molecular weight excluding hydrogens is 352 g/mol. The molecule has 0 saturated carbocycles. The fourth-order valence-electron chi connectivity index (χ4n) is 2.91. The molecule has 0 saturated heterocycles. The Kier molecular flexibility index (Phi) is 4.76. The van der Waals surface area contributed by atoms with Gasteiger partial charge in [-0.05, 0) is 50.5 Å². The summed E-state index contributed by atoms with van der Waals surface area (Å²) in [6.07, 6.45) is -0.324. The van der Waals surface area contributed by atoms with E-state index in [1.54, 1.807) is 30.3 Å². The first-order valence-electron chi connectivity index (χ1n) is 8.05. The van der Waals surface area contributed by atoms with Gasteiger partial charge in [-0.15, -0.1) is 0 Å². The zero-order valence-electron chi connectivity index (χ0n) is 14.6. The van der Waals surface area contributed by atoms with Gasteiger partial charge < -0.3 is 15.4 Å². The number of likely N-dealkylation sites (N-methyl/N-ethyl adjacent to an activating group) is 1. The third kappa shape index (κ3) is 3.45. The van der Waals surface area contributed by atoms with E-state index in [-0.39, 0.29) is 23.1 Å². The van der Waals surface area contributed by atoms with Crippen LogP contribution in [0.4, 0.5) is 11.4 Å². The summed E-state index contributed by atoms with van der Waals surface area (Å²) in [5, 5.41) is 9.07. The lowest BCUT2D eigenvalue weighted by molar-refractivity contribution is 0.159. The lowest BCUT2D eigenvalue weighted by Gasteiger charge is -2.36. The summed E-state index contributed by atoms with van der Waals surface area (Å²) >= 11 is 0. The summed E-state index contributed by atoms with van der Waals surface area (Å²) in [4.78, 5) is 2.00. The van der Waals surface area contributed by atoms with E-state index in [9.17, 15) is 8.42 Å². The molecule has 2 aromatic rings. The van der Waals surface area contributed by atoms with Gasteiger partial charge in [-0.3, -0.25) is 4.31 Å². The Balaban J connectivity index is 2.09. The van der Waals surface area contributed by atoms with E-state index >= 15 is 0 Å². The van der Waals surface area contributed by atoms with Crippen LogP contribution >= 0.6 is 0 Å². The minimum atomic E-state index is -3.87. The van der Waals surface area contributed by atoms with Crippen molar-refractivity contribution >= 4 is 21.4 Å². The van der Waals surface area contributed by atoms with Crippen LogP contribution in [0, 0.1) is 11.3 Å². The number of nitrogen functional groups attached to an aromatic ring is 1. The smallest absolute Gasteiger partial charge is 0.264 e. The average Bonchev–Trinajstić information content (AvgIpc) is 2.61. The molecule has 8 heteroatoms. The van der Waals surface area contributed by atoms with Crippen LogP contribution in [-0.4, -0.2) is 46.6 Å². The zero-order chi connectivity index (χ0) is 18.9. The molecule has 0 aliphatic carbocycles. The van der Waals surface area contributed by atoms with Gasteiger partial charge >= 0.3 is 0 Å². The van der Waals surface area contributed by atoms with Gasteiger partial charge in [0.15, 0.2) is 0 Å². The average molecular weight is 372 g/mol. The molecule has 0 unspecified atom stereocenters. The number of nitrogens with zero attached hydrogens (tertiary/aromatic N) is 3. The summed E-state index contributed by atoms with van der Waals surface area (Å²) in [5.41, 5.74) is 7.00. The quantitative estimate of drug-likeness (QED) is 0.820. The van der Waals surface area contributed by atoms with E-state index in [4.69, 9.17) is 15.7 Å². The summed E-state index contributed by atoms with van der Waals surface area (Å²) in [6.45, 7) is 0.724. The minimum absolute atomic E-state index is 0.0652. The van der Waals surface area contributed by atoms with E-state index in [0.717, 1.165) is 0 Å². The topological polar surface area (TPSA) is 99.7 Å². The van der Waals surface area contributed by atoms with Crippen LogP contribution in [0.15, 0.2) is 47.4 Å². The number of hydrogen-bond acceptors (Lipinski definition) is 6. The van der Waals surface area contributed by atoms with Gasteiger partial charge in [0.05, 0.1) is 28.8 Å². The molecule has 136 valence electrons. The number of rotatable bonds is 4. The summed E-state index contributed by atoms with van der Waals surface area (Å²) in [5.74, 6) is 0.470. The standard InChI is InChI=1S/C18H20N4O3S/c1-21(2)11-15-12-22(17-9-14(20)6-7-18(17)25-15)26(23,24)16-5-3-4-13(8-16)10-19/h3-9,15H,11-12,20H2,1-2H3/t15-/m0/s1. The van der Waals surface area contributed by atoms with Crippen LogP contribution in [0.1, 0.15) is 5.56 Å². The van der Waals surface area contributed by atoms with E-state index in [1.807, 2.05) is 25.1 Å². The molecule has 2 N–H and O–H groups in total. The van der Waals surface area contributed by atoms with Gasteiger partial charge in [0.1, 0.15) is 11.9 Å². The summed E-state index contributed by atoms with van der Waals surface area (Å²) < 4.78 is 33.8. The minimum Gasteiger partial charge on any atom is -0.485 e. The lowest BCUT2D eigenvalue weighted by Crippen LogP contribution is -2.47. The number of ether oxygens (including phenoxy) is 1. The second-order valence-electron chi connectivity index (χ2n) is 6.41. The monoisotopic (exact) mass is 372 g/mol. The highest BCUT2D eigenvalue weighted by Crippen LogP contribution is 2.38. The van der Waals surface area contributed by atoms with Crippen LogP contribution in [-0.2, 0) is 10.0 Å². The highest BCUT2D eigenvalue weighted by atomic mass is 32.2. The Morgan fingerprint density at radius 2 is 2.08 bits per heavy atom. The van der Waals surface area contributed by atoms with Crippen molar-refractivity contribution < 1.29 is 13.2 Å². The Morgan fingerprint density at radius 1 is 1.31 bits per heavy atom. The fraction of sp³-hybridized carbons (Fsp3) is 0.278. The largest absolute Gasteiger partial charge is 0.485 e. The first-order valence-corrected chi connectivity index (χ1v) is 9.49. The maximum Gasteiger partial charge on any atom is 0.264 e. The van der Waals surface area contributed by atoms with Gasteiger partial charge in [0, 0.05) is 12.2 Å². The van der Waals surface area contributed by atoms with E-state index in [0.29, 0.717) is 23.7 Å². The Hall–Kier alpha value is -2.76. The van der Waals surface area contributed by atoms with Crippen LogP contribution < -0.4 is 14.8 Å². The zero-order valence-corrected chi connectivity index (χ0v) is 15.4. The predicted molar refractivity (Wildman–Crippen MR) is 99.5 cm³/mol. The molecule has 26 heavy (non-hydrogen) atoms. The molecule has 0 amide bonds. The molecule has 0 radical (unpaired) electrons. The second-order valence-corrected chi connectivity index (χ2v) is 8.27. The fourth-order valence-corrected chi connectivity index (χ4v) is 4.46. The van der Waals surface area contributed by atoms with Crippen molar-refractivity contribution in [1.29, 1.82) is 5.26 Å². The number of fused-ring (bicyclic) bond motifs is 1. The predicted octanol–water partition coefficient (Wildman–Crippen LogP) is 1.66. The van der Waals surface area contributed by atoms with E-state index < -0.39 is 10.0 Å². The number of nitriles is 1. The SMILES string of the molecule is CN(C)C[C@H]1CN(S(=O)(=O)c2cccc(C#N)c2)c2cc(N)ccc2O1. The molecule has 7 nitrogen and oxygen atoms in total. The summed E-state index contributed by atoms with van der Waals surface area (Å²) in [7, 11) is -0.0656. The van der Waals surface area contributed by atoms with Gasteiger partial charge in [-0.2, -0.15) is 5.26 Å². The number of benzene rings is 2. The normalized spacial score (nSPS) is 16.7. The molecule has 1 heterocycles. The molecule has 2 aromatic carbocycles. The van der Waals surface area contributed by atoms with E-state index in [1.165, 1.54) is 16.4 Å². The maximum absolute atomic E-state index is 13.3. The molecule has 0 aromatic heterocycles. The Labute approximate surface area is 153 Å². The first kappa shape index (κ1) is 18.0. The van der Waals surface area contributed by atoms with Crippen molar-refractivity contribution in [2.45, 2.75) is 11.0 Å². The maximum atomic E-state index is 13.3. The number of sulfonamides is 1.